The van der Waals surface area contributed by atoms with E-state index in [2.05, 4.69) is 15.0 Å². The van der Waals surface area contributed by atoms with Gasteiger partial charge in [-0.15, -0.1) is 11.3 Å². The summed E-state index contributed by atoms with van der Waals surface area (Å²) in [6.07, 6.45) is 4.39. The molecule has 1 N–H and O–H groups in total. The lowest BCUT2D eigenvalue weighted by Crippen LogP contribution is -2.40. The van der Waals surface area contributed by atoms with Crippen LogP contribution in [0.4, 0.5) is 0 Å². The maximum atomic E-state index is 12.4. The Morgan fingerprint density at radius 3 is 2.81 bits per heavy atom. The van der Waals surface area contributed by atoms with E-state index in [4.69, 9.17) is 5.11 Å². The number of amides is 1. The number of aromatic nitrogens is 3. The van der Waals surface area contributed by atoms with Gasteiger partial charge < -0.3 is 10.0 Å². The molecular formula is C13H12N4O3S. The van der Waals surface area contributed by atoms with Gasteiger partial charge in [0.2, 0.25) is 0 Å². The summed E-state index contributed by atoms with van der Waals surface area (Å²) in [4.78, 5) is 37.3. The van der Waals surface area contributed by atoms with Crippen LogP contribution in [-0.4, -0.2) is 49.4 Å². The van der Waals surface area contributed by atoms with Gasteiger partial charge in [0.05, 0.1) is 0 Å². The molecule has 0 spiro atoms. The first-order valence-corrected chi connectivity index (χ1v) is 7.31. The van der Waals surface area contributed by atoms with Crippen LogP contribution >= 0.6 is 11.3 Å². The van der Waals surface area contributed by atoms with E-state index < -0.39 is 12.0 Å². The van der Waals surface area contributed by atoms with Gasteiger partial charge in [0, 0.05) is 24.3 Å². The van der Waals surface area contributed by atoms with Gasteiger partial charge in [-0.2, -0.15) is 0 Å². The van der Waals surface area contributed by atoms with Gasteiger partial charge in [0.1, 0.15) is 11.7 Å². The molecule has 1 saturated heterocycles. The number of hydrogen-bond donors (Lipinski definition) is 1. The monoisotopic (exact) mass is 304 g/mol. The fraction of sp³-hybridized carbons (Fsp3) is 0.308. The lowest BCUT2D eigenvalue weighted by molar-refractivity contribution is -0.141. The molecule has 3 rings (SSSR count). The number of aliphatic carboxylic acids is 1. The lowest BCUT2D eigenvalue weighted by Gasteiger charge is -2.20. The predicted molar refractivity (Wildman–Crippen MR) is 74.8 cm³/mol. The fourth-order valence-electron chi connectivity index (χ4n) is 2.30. The molecule has 2 aromatic rings. The van der Waals surface area contributed by atoms with Gasteiger partial charge in [0.15, 0.2) is 10.8 Å². The molecule has 0 radical (unpaired) electrons. The first-order chi connectivity index (χ1) is 10.2. The highest BCUT2D eigenvalue weighted by atomic mass is 32.1. The number of carbonyl (C=O) groups excluding carboxylic acids is 1. The van der Waals surface area contributed by atoms with E-state index >= 15 is 0 Å². The van der Waals surface area contributed by atoms with E-state index in [9.17, 15) is 9.59 Å². The van der Waals surface area contributed by atoms with E-state index in [0.29, 0.717) is 30.2 Å². The topological polar surface area (TPSA) is 96.3 Å². The van der Waals surface area contributed by atoms with Crippen molar-refractivity contribution in [3.05, 3.63) is 29.5 Å². The van der Waals surface area contributed by atoms with Crippen LogP contribution in [0.3, 0.4) is 0 Å². The first kappa shape index (κ1) is 13.6. The number of nitrogens with zero attached hydrogens (tertiary/aromatic N) is 4. The van der Waals surface area contributed by atoms with Crippen molar-refractivity contribution < 1.29 is 14.7 Å². The first-order valence-electron chi connectivity index (χ1n) is 6.43. The summed E-state index contributed by atoms with van der Waals surface area (Å²) < 4.78 is 0. The van der Waals surface area contributed by atoms with Gasteiger partial charge >= 0.3 is 5.97 Å². The van der Waals surface area contributed by atoms with Crippen LogP contribution in [0.1, 0.15) is 23.3 Å². The number of rotatable bonds is 3. The highest BCUT2D eigenvalue weighted by Crippen LogP contribution is 2.24. The molecule has 1 atom stereocenters. The molecule has 0 bridgehead atoms. The van der Waals surface area contributed by atoms with Crippen LogP contribution in [0, 0.1) is 0 Å². The molecule has 21 heavy (non-hydrogen) atoms. The molecule has 0 saturated carbocycles. The Labute approximate surface area is 124 Å². The molecule has 1 amide bonds. The van der Waals surface area contributed by atoms with Crippen molar-refractivity contribution in [2.24, 2.45) is 0 Å². The second kappa shape index (κ2) is 5.57. The van der Waals surface area contributed by atoms with Crippen LogP contribution in [0.2, 0.25) is 0 Å². The van der Waals surface area contributed by atoms with Gasteiger partial charge in [-0.1, -0.05) is 0 Å². The maximum Gasteiger partial charge on any atom is 0.326 e. The lowest BCUT2D eigenvalue weighted by atomic mass is 10.2. The molecule has 108 valence electrons. The van der Waals surface area contributed by atoms with Crippen LogP contribution in [-0.2, 0) is 4.79 Å². The molecule has 8 heteroatoms. The summed E-state index contributed by atoms with van der Waals surface area (Å²) in [7, 11) is 0. The second-order valence-corrected chi connectivity index (χ2v) is 5.46. The van der Waals surface area contributed by atoms with Crippen molar-refractivity contribution in [3.8, 4) is 10.8 Å². The van der Waals surface area contributed by atoms with Crippen molar-refractivity contribution in [2.75, 3.05) is 6.54 Å². The summed E-state index contributed by atoms with van der Waals surface area (Å²) >= 11 is 1.27. The Balaban J connectivity index is 1.83. The third-order valence-electron chi connectivity index (χ3n) is 3.28. The van der Waals surface area contributed by atoms with Crippen LogP contribution < -0.4 is 0 Å². The molecule has 1 aliphatic heterocycles. The highest BCUT2D eigenvalue weighted by molar-refractivity contribution is 7.13. The second-order valence-electron chi connectivity index (χ2n) is 4.61. The smallest absolute Gasteiger partial charge is 0.326 e. The zero-order chi connectivity index (χ0) is 14.8. The SMILES string of the molecule is O=C(O)C1CCCN1C(=O)c1csc(-c2ncccn2)n1. The van der Waals surface area contributed by atoms with Crippen LogP contribution in [0.5, 0.6) is 0 Å². The minimum Gasteiger partial charge on any atom is -0.480 e. The van der Waals surface area contributed by atoms with Gasteiger partial charge in [-0.25, -0.2) is 19.7 Å². The van der Waals surface area contributed by atoms with Gasteiger partial charge in [-0.05, 0) is 18.9 Å². The quantitative estimate of drug-likeness (QED) is 0.918. The Kier molecular flexibility index (Phi) is 3.61. The normalized spacial score (nSPS) is 17.9. The Morgan fingerprint density at radius 1 is 1.33 bits per heavy atom. The van der Waals surface area contributed by atoms with E-state index in [0.717, 1.165) is 0 Å². The van der Waals surface area contributed by atoms with Crippen LogP contribution in [0.25, 0.3) is 10.8 Å². The molecule has 3 heterocycles. The fourth-order valence-corrected chi connectivity index (χ4v) is 3.04. The Hall–Kier alpha value is -2.35. The number of carboxylic acids is 1. The molecule has 1 fully saturated rings. The van der Waals surface area contributed by atoms with Gasteiger partial charge in [-0.3, -0.25) is 4.79 Å². The van der Waals surface area contributed by atoms with Crippen molar-refractivity contribution in [3.63, 3.8) is 0 Å². The van der Waals surface area contributed by atoms with E-state index in [1.165, 1.54) is 16.2 Å². The highest BCUT2D eigenvalue weighted by Gasteiger charge is 2.35. The maximum absolute atomic E-state index is 12.4. The number of carbonyl (C=O) groups is 2. The average Bonchev–Trinajstić information content (AvgIpc) is 3.17. The van der Waals surface area contributed by atoms with Crippen LogP contribution in [0.15, 0.2) is 23.8 Å². The summed E-state index contributed by atoms with van der Waals surface area (Å²) in [5, 5.41) is 11.3. The molecule has 1 aliphatic rings. The summed E-state index contributed by atoms with van der Waals surface area (Å²) in [6.45, 7) is 0.449. The zero-order valence-corrected chi connectivity index (χ0v) is 11.8. The predicted octanol–water partition coefficient (Wildman–Crippen LogP) is 1.29. The zero-order valence-electron chi connectivity index (χ0n) is 11.0. The summed E-state index contributed by atoms with van der Waals surface area (Å²) in [6, 6.07) is 0.945. The largest absolute Gasteiger partial charge is 0.480 e. The van der Waals surface area contributed by atoms with E-state index in [1.807, 2.05) is 0 Å². The van der Waals surface area contributed by atoms with Crippen molar-refractivity contribution >= 4 is 23.2 Å². The molecule has 1 unspecified atom stereocenters. The summed E-state index contributed by atoms with van der Waals surface area (Å²) in [5.41, 5.74) is 0.246. The molecule has 0 aromatic carbocycles. The van der Waals surface area contributed by atoms with Crippen molar-refractivity contribution in [1.29, 1.82) is 0 Å². The van der Waals surface area contributed by atoms with Crippen molar-refractivity contribution in [1.82, 2.24) is 19.9 Å². The number of likely N-dealkylation sites (tertiary alicyclic amines) is 1. The third-order valence-corrected chi connectivity index (χ3v) is 4.12. The number of hydrogen-bond acceptors (Lipinski definition) is 6. The van der Waals surface area contributed by atoms with Crippen molar-refractivity contribution in [2.45, 2.75) is 18.9 Å². The minimum atomic E-state index is -0.970. The Morgan fingerprint density at radius 2 is 2.10 bits per heavy atom. The molecule has 2 aromatic heterocycles. The molecular weight excluding hydrogens is 292 g/mol. The Bertz CT molecular complexity index is 673. The molecule has 7 nitrogen and oxygen atoms in total. The standard InChI is InChI=1S/C13H12N4O3S/c18-12(17-6-1-3-9(17)13(19)20)8-7-21-11(16-8)10-14-4-2-5-15-10/h2,4-5,7,9H,1,3,6H2,(H,19,20). The average molecular weight is 304 g/mol. The van der Waals surface area contributed by atoms with E-state index in [1.54, 1.807) is 23.8 Å². The summed E-state index contributed by atoms with van der Waals surface area (Å²) in [5.74, 6) is -0.862. The van der Waals surface area contributed by atoms with Gasteiger partial charge in [0.25, 0.3) is 5.91 Å². The third kappa shape index (κ3) is 2.62. The minimum absolute atomic E-state index is 0.246. The van der Waals surface area contributed by atoms with E-state index in [-0.39, 0.29) is 11.6 Å². The number of thiazole rings is 1. The number of carboxylic acid groups (broad SMARTS) is 1. The molecule has 0 aliphatic carbocycles.